The second-order valence-corrected chi connectivity index (χ2v) is 7.77. The zero-order chi connectivity index (χ0) is 23.1. The number of rotatable bonds is 7. The van der Waals surface area contributed by atoms with Crippen LogP contribution in [0.25, 0.3) is 11.6 Å². The highest BCUT2D eigenvalue weighted by Crippen LogP contribution is 2.35. The number of allylic oxidation sites excluding steroid dienone is 1. The van der Waals surface area contributed by atoms with E-state index in [0.29, 0.717) is 28.2 Å². The topological polar surface area (TPSA) is 109 Å². The minimum atomic E-state index is -0.448. The summed E-state index contributed by atoms with van der Waals surface area (Å²) in [7, 11) is 1.53. The number of halogens is 1. The molecule has 0 amide bonds. The zero-order valence-corrected chi connectivity index (χ0v) is 19.1. The standard InChI is InChI=1S/C24H16IN3O4/c1-31-23-12-18(10-20(14-27)19-6-2-16(13-26)3-7-19)11-22(25)24(23)32-15-17-4-8-21(9-5-17)28(29)30/h2-12H,15H2,1H3. The van der Waals surface area contributed by atoms with Crippen LogP contribution in [0.3, 0.4) is 0 Å². The normalized spacial score (nSPS) is 10.7. The Balaban J connectivity index is 1.85. The number of nitriles is 2. The van der Waals surface area contributed by atoms with Gasteiger partial charge in [-0.2, -0.15) is 10.5 Å². The lowest BCUT2D eigenvalue weighted by atomic mass is 10.0. The quantitative estimate of drug-likeness (QED) is 0.125. The number of ether oxygens (including phenoxy) is 2. The summed E-state index contributed by atoms with van der Waals surface area (Å²) in [5, 5.41) is 29.3. The van der Waals surface area contributed by atoms with Gasteiger partial charge in [0, 0.05) is 12.1 Å². The Hall–Kier alpha value is -3.89. The van der Waals surface area contributed by atoms with E-state index in [1.54, 1.807) is 48.5 Å². The highest BCUT2D eigenvalue weighted by Gasteiger charge is 2.13. The van der Waals surface area contributed by atoms with Gasteiger partial charge in [-0.3, -0.25) is 10.1 Å². The molecule has 158 valence electrons. The first-order chi connectivity index (χ1) is 15.4. The SMILES string of the molecule is COc1cc(C=C(C#N)c2ccc(C#N)cc2)cc(I)c1OCc1ccc([N+](=O)[O-])cc1. The van der Waals surface area contributed by atoms with Gasteiger partial charge in [0.15, 0.2) is 11.5 Å². The second-order valence-electron chi connectivity index (χ2n) is 6.61. The molecule has 0 bridgehead atoms. The van der Waals surface area contributed by atoms with E-state index in [-0.39, 0.29) is 12.3 Å². The van der Waals surface area contributed by atoms with Gasteiger partial charge in [0.2, 0.25) is 0 Å². The molecule has 3 aromatic rings. The number of nitrogens with zero attached hydrogens (tertiary/aromatic N) is 3. The number of nitro benzene ring substituents is 1. The lowest BCUT2D eigenvalue weighted by Gasteiger charge is -2.14. The van der Waals surface area contributed by atoms with Crippen LogP contribution in [-0.4, -0.2) is 12.0 Å². The molecule has 32 heavy (non-hydrogen) atoms. The summed E-state index contributed by atoms with van der Waals surface area (Å²) in [6.07, 6.45) is 1.74. The second kappa shape index (κ2) is 10.4. The van der Waals surface area contributed by atoms with Gasteiger partial charge < -0.3 is 9.47 Å². The molecule has 0 unspecified atom stereocenters. The molecule has 0 N–H and O–H groups in total. The average molecular weight is 537 g/mol. The highest BCUT2D eigenvalue weighted by atomic mass is 127. The molecule has 8 heteroatoms. The maximum atomic E-state index is 10.8. The number of nitro groups is 1. The predicted octanol–water partition coefficient (Wildman–Crippen LogP) is 5.72. The van der Waals surface area contributed by atoms with E-state index in [0.717, 1.165) is 14.7 Å². The van der Waals surface area contributed by atoms with Crippen molar-refractivity contribution in [3.8, 4) is 23.6 Å². The van der Waals surface area contributed by atoms with Crippen LogP contribution in [-0.2, 0) is 6.61 Å². The fraction of sp³-hybridized carbons (Fsp3) is 0.0833. The van der Waals surface area contributed by atoms with E-state index in [2.05, 4.69) is 34.7 Å². The van der Waals surface area contributed by atoms with Gasteiger partial charge in [0.1, 0.15) is 6.61 Å². The molecule has 0 spiro atoms. The maximum absolute atomic E-state index is 10.8. The summed E-state index contributed by atoms with van der Waals surface area (Å²) in [6.45, 7) is 0.216. The predicted molar refractivity (Wildman–Crippen MR) is 128 cm³/mol. The fourth-order valence-corrected chi connectivity index (χ4v) is 3.68. The van der Waals surface area contributed by atoms with E-state index < -0.39 is 4.92 Å². The van der Waals surface area contributed by atoms with E-state index in [1.807, 2.05) is 6.07 Å². The highest BCUT2D eigenvalue weighted by molar-refractivity contribution is 14.1. The molecule has 0 saturated carbocycles. The van der Waals surface area contributed by atoms with Crippen molar-refractivity contribution in [1.82, 2.24) is 0 Å². The minimum Gasteiger partial charge on any atom is -0.493 e. The first kappa shape index (κ1) is 22.8. The fourth-order valence-electron chi connectivity index (χ4n) is 2.90. The molecular weight excluding hydrogens is 521 g/mol. The lowest BCUT2D eigenvalue weighted by molar-refractivity contribution is -0.384. The van der Waals surface area contributed by atoms with Crippen molar-refractivity contribution in [3.63, 3.8) is 0 Å². The summed E-state index contributed by atoms with van der Waals surface area (Å²) in [5.74, 6) is 1.04. The molecule has 3 rings (SSSR count). The molecule has 0 aromatic heterocycles. The Labute approximate surface area is 198 Å². The Kier molecular flexibility index (Phi) is 7.42. The molecule has 0 aliphatic heterocycles. The minimum absolute atomic E-state index is 0.0209. The summed E-state index contributed by atoms with van der Waals surface area (Å²) in [5.41, 5.74) is 3.25. The Morgan fingerprint density at radius 2 is 1.81 bits per heavy atom. The van der Waals surface area contributed by atoms with E-state index >= 15 is 0 Å². The molecule has 0 saturated heterocycles. The monoisotopic (exact) mass is 537 g/mol. The van der Waals surface area contributed by atoms with E-state index in [1.165, 1.54) is 19.2 Å². The van der Waals surface area contributed by atoms with Gasteiger partial charge in [-0.1, -0.05) is 12.1 Å². The third kappa shape index (κ3) is 5.42. The Morgan fingerprint density at radius 3 is 2.38 bits per heavy atom. The van der Waals surface area contributed by atoms with Crippen molar-refractivity contribution >= 4 is 39.9 Å². The van der Waals surface area contributed by atoms with Gasteiger partial charge in [-0.05, 0) is 81.8 Å². The summed E-state index contributed by atoms with van der Waals surface area (Å²) in [4.78, 5) is 10.3. The third-order valence-corrected chi connectivity index (χ3v) is 5.34. The number of benzene rings is 3. The van der Waals surface area contributed by atoms with Gasteiger partial charge in [-0.25, -0.2) is 0 Å². The Bertz CT molecular complexity index is 1250. The number of methoxy groups -OCH3 is 1. The first-order valence-corrected chi connectivity index (χ1v) is 10.4. The van der Waals surface area contributed by atoms with Crippen LogP contribution >= 0.6 is 22.6 Å². The average Bonchev–Trinajstić information content (AvgIpc) is 2.81. The van der Waals surface area contributed by atoms with Gasteiger partial charge >= 0.3 is 0 Å². The molecule has 0 radical (unpaired) electrons. The van der Waals surface area contributed by atoms with Crippen LogP contribution in [0.4, 0.5) is 5.69 Å². The molecule has 0 fully saturated rings. The lowest BCUT2D eigenvalue weighted by Crippen LogP contribution is -2.00. The van der Waals surface area contributed by atoms with Crippen molar-refractivity contribution in [3.05, 3.63) is 96.6 Å². The third-order valence-electron chi connectivity index (χ3n) is 4.54. The van der Waals surface area contributed by atoms with Crippen LogP contribution in [0.15, 0.2) is 60.7 Å². The van der Waals surface area contributed by atoms with Crippen molar-refractivity contribution in [2.24, 2.45) is 0 Å². The van der Waals surface area contributed by atoms with Crippen LogP contribution in [0, 0.1) is 36.3 Å². The molecule has 3 aromatic carbocycles. The summed E-state index contributed by atoms with van der Waals surface area (Å²) in [6, 6.07) is 20.8. The van der Waals surface area contributed by atoms with Crippen molar-refractivity contribution in [2.45, 2.75) is 6.61 Å². The molecule has 0 aliphatic rings. The molecular formula is C24H16IN3O4. The smallest absolute Gasteiger partial charge is 0.269 e. The van der Waals surface area contributed by atoms with E-state index in [9.17, 15) is 15.4 Å². The molecule has 0 atom stereocenters. The van der Waals surface area contributed by atoms with Crippen molar-refractivity contribution in [2.75, 3.05) is 7.11 Å². The van der Waals surface area contributed by atoms with Crippen LogP contribution in [0.2, 0.25) is 0 Å². The first-order valence-electron chi connectivity index (χ1n) is 9.31. The molecule has 7 nitrogen and oxygen atoms in total. The van der Waals surface area contributed by atoms with Crippen LogP contribution in [0.5, 0.6) is 11.5 Å². The van der Waals surface area contributed by atoms with Gasteiger partial charge in [0.25, 0.3) is 5.69 Å². The molecule has 0 heterocycles. The number of hydrogen-bond acceptors (Lipinski definition) is 6. The van der Waals surface area contributed by atoms with Gasteiger partial charge in [0.05, 0.1) is 38.9 Å². The van der Waals surface area contributed by atoms with Gasteiger partial charge in [-0.15, -0.1) is 0 Å². The summed E-state index contributed by atoms with van der Waals surface area (Å²) < 4.78 is 12.2. The van der Waals surface area contributed by atoms with Crippen molar-refractivity contribution < 1.29 is 14.4 Å². The molecule has 0 aliphatic carbocycles. The largest absolute Gasteiger partial charge is 0.493 e. The number of non-ortho nitro benzene ring substituents is 1. The zero-order valence-electron chi connectivity index (χ0n) is 16.9. The van der Waals surface area contributed by atoms with E-state index in [4.69, 9.17) is 14.7 Å². The Morgan fingerprint density at radius 1 is 1.12 bits per heavy atom. The number of hydrogen-bond donors (Lipinski definition) is 0. The van der Waals surface area contributed by atoms with Crippen LogP contribution in [0.1, 0.15) is 22.3 Å². The summed E-state index contributed by atoms with van der Waals surface area (Å²) >= 11 is 2.13. The van der Waals surface area contributed by atoms with Crippen molar-refractivity contribution in [1.29, 1.82) is 10.5 Å². The maximum Gasteiger partial charge on any atom is 0.269 e. The van der Waals surface area contributed by atoms with Crippen LogP contribution < -0.4 is 9.47 Å².